The molecule has 0 saturated heterocycles. The molecule has 0 aliphatic heterocycles. The number of hydrogen-bond donors (Lipinski definition) is 0. The Balaban J connectivity index is 0.000000300. The van der Waals surface area contributed by atoms with Gasteiger partial charge in [0.1, 0.15) is 11.5 Å². The Morgan fingerprint density at radius 2 is 0.825 bits per heavy atom. The van der Waals surface area contributed by atoms with E-state index in [0.717, 1.165) is 11.5 Å². The van der Waals surface area contributed by atoms with Gasteiger partial charge < -0.3 is 4.42 Å². The van der Waals surface area contributed by atoms with E-state index in [-0.39, 0.29) is 32.5 Å². The summed E-state index contributed by atoms with van der Waals surface area (Å²) in [6, 6.07) is 10.5. The summed E-state index contributed by atoms with van der Waals surface area (Å²) in [7, 11) is 0. The summed E-state index contributed by atoms with van der Waals surface area (Å²) < 4.78 is 5.81. The Morgan fingerprint density at radius 3 is 1.05 bits per heavy atom. The van der Waals surface area contributed by atoms with Gasteiger partial charge in [-0.3, -0.25) is 4.98 Å². The standard InChI is InChI=1S/C13H21N.C12H20O.C11H19NS/c1-12(2,3)10-8-7-9-11(14-10)13(4,5)6;1-11(2,3)9-7-8-10(13-9)12(4,5)6;1-10(2,3)8-7-13-9(12-8)11(4,5)6/h7-9H,1-6H3;7-8H,1-6H3;7H,1-6H3. The lowest BCUT2D eigenvalue weighted by atomic mass is 9.88. The molecule has 3 heterocycles. The van der Waals surface area contributed by atoms with Crippen LogP contribution in [0.25, 0.3) is 0 Å². The second-order valence-electron chi connectivity index (χ2n) is 17.1. The molecule has 3 nitrogen and oxygen atoms in total. The maximum Gasteiger partial charge on any atom is 0.109 e. The van der Waals surface area contributed by atoms with Crippen LogP contribution in [0.1, 0.15) is 158 Å². The molecule has 226 valence electrons. The third-order valence-electron chi connectivity index (χ3n) is 6.28. The lowest BCUT2D eigenvalue weighted by Gasteiger charge is -2.23. The summed E-state index contributed by atoms with van der Waals surface area (Å²) in [5, 5.41) is 3.41. The summed E-state index contributed by atoms with van der Waals surface area (Å²) >= 11 is 1.77. The summed E-state index contributed by atoms with van der Waals surface area (Å²) in [5.41, 5.74) is 4.43. The first kappa shape index (κ1) is 36.1. The first-order chi connectivity index (χ1) is 17.6. The fraction of sp³-hybridized carbons (Fsp3) is 0.667. The zero-order chi connectivity index (χ0) is 31.5. The van der Waals surface area contributed by atoms with Crippen LogP contribution in [0.2, 0.25) is 0 Å². The monoisotopic (exact) mass is 568 g/mol. The van der Waals surface area contributed by atoms with Crippen molar-refractivity contribution in [2.45, 2.75) is 157 Å². The first-order valence-electron chi connectivity index (χ1n) is 14.7. The van der Waals surface area contributed by atoms with Gasteiger partial charge in [0.2, 0.25) is 0 Å². The molecule has 4 heteroatoms. The largest absolute Gasteiger partial charge is 0.465 e. The Kier molecular flexibility index (Phi) is 11.3. The molecule has 0 aliphatic carbocycles. The average Bonchev–Trinajstić information content (AvgIpc) is 3.43. The van der Waals surface area contributed by atoms with Gasteiger partial charge in [0.05, 0.1) is 10.7 Å². The van der Waals surface area contributed by atoms with E-state index in [4.69, 9.17) is 9.40 Å². The van der Waals surface area contributed by atoms with Crippen molar-refractivity contribution in [2.24, 2.45) is 0 Å². The van der Waals surface area contributed by atoms with E-state index in [1.807, 2.05) is 0 Å². The van der Waals surface area contributed by atoms with Crippen molar-refractivity contribution in [1.82, 2.24) is 9.97 Å². The van der Waals surface area contributed by atoms with Crippen LogP contribution in [0.3, 0.4) is 0 Å². The topological polar surface area (TPSA) is 38.9 Å². The van der Waals surface area contributed by atoms with Gasteiger partial charge in [-0.15, -0.1) is 11.3 Å². The van der Waals surface area contributed by atoms with Gasteiger partial charge in [-0.2, -0.15) is 0 Å². The van der Waals surface area contributed by atoms with Gasteiger partial charge in [-0.1, -0.05) is 131 Å². The van der Waals surface area contributed by atoms with Gasteiger partial charge in [0, 0.05) is 49.3 Å². The van der Waals surface area contributed by atoms with Crippen molar-refractivity contribution in [1.29, 1.82) is 0 Å². The molecule has 0 spiro atoms. The molecule has 0 fully saturated rings. The average molecular weight is 569 g/mol. The van der Waals surface area contributed by atoms with Crippen LogP contribution in [0.15, 0.2) is 40.1 Å². The van der Waals surface area contributed by atoms with Crippen LogP contribution < -0.4 is 0 Å². The number of hydrogen-bond acceptors (Lipinski definition) is 4. The fourth-order valence-corrected chi connectivity index (χ4v) is 4.51. The van der Waals surface area contributed by atoms with Crippen molar-refractivity contribution in [3.05, 3.63) is 69.3 Å². The molecule has 0 N–H and O–H groups in total. The van der Waals surface area contributed by atoms with Crippen LogP contribution >= 0.6 is 11.3 Å². The quantitative estimate of drug-likeness (QED) is 0.271. The molecule has 0 amide bonds. The predicted octanol–water partition coefficient (Wildman–Crippen LogP) is 11.3. The lowest BCUT2D eigenvalue weighted by Crippen LogP contribution is -2.19. The number of aromatic nitrogens is 2. The second-order valence-corrected chi connectivity index (χ2v) is 18.0. The minimum absolute atomic E-state index is 0.115. The third kappa shape index (κ3) is 11.5. The van der Waals surface area contributed by atoms with Crippen molar-refractivity contribution in [3.63, 3.8) is 0 Å². The SMILES string of the molecule is CC(C)(C)c1ccc(C(C)(C)C)o1.CC(C)(C)c1cccc(C(C)(C)C)n1.CC(C)(C)c1csc(C(C)(C)C)n1. The highest BCUT2D eigenvalue weighted by molar-refractivity contribution is 7.09. The van der Waals surface area contributed by atoms with Crippen LogP contribution in [0.5, 0.6) is 0 Å². The molecule has 40 heavy (non-hydrogen) atoms. The molecule has 3 aromatic rings. The highest BCUT2D eigenvalue weighted by atomic mass is 32.1. The Morgan fingerprint density at radius 1 is 0.450 bits per heavy atom. The molecule has 0 aliphatic rings. The molecule has 0 radical (unpaired) electrons. The predicted molar refractivity (Wildman–Crippen MR) is 177 cm³/mol. The van der Waals surface area contributed by atoms with Gasteiger partial charge in [0.25, 0.3) is 0 Å². The van der Waals surface area contributed by atoms with Crippen LogP contribution in [-0.4, -0.2) is 9.97 Å². The second kappa shape index (κ2) is 12.5. The molecular weight excluding hydrogens is 508 g/mol. The number of pyridine rings is 1. The highest BCUT2D eigenvalue weighted by Gasteiger charge is 2.24. The van der Waals surface area contributed by atoms with E-state index >= 15 is 0 Å². The van der Waals surface area contributed by atoms with Gasteiger partial charge >= 0.3 is 0 Å². The highest BCUT2D eigenvalue weighted by Crippen LogP contribution is 2.31. The zero-order valence-corrected chi connectivity index (χ0v) is 30.0. The van der Waals surface area contributed by atoms with E-state index in [9.17, 15) is 0 Å². The van der Waals surface area contributed by atoms with E-state index in [1.165, 1.54) is 22.1 Å². The lowest BCUT2D eigenvalue weighted by molar-refractivity contribution is 0.344. The number of furan rings is 1. The number of rotatable bonds is 0. The molecule has 0 saturated carbocycles. The van der Waals surface area contributed by atoms with Crippen LogP contribution in [-0.2, 0) is 32.5 Å². The van der Waals surface area contributed by atoms with Crippen molar-refractivity contribution in [2.75, 3.05) is 0 Å². The smallest absolute Gasteiger partial charge is 0.109 e. The molecule has 3 aromatic heterocycles. The molecule has 0 atom stereocenters. The maximum absolute atomic E-state index is 5.81. The third-order valence-corrected chi connectivity index (χ3v) is 7.55. The molecule has 3 rings (SSSR count). The van der Waals surface area contributed by atoms with E-state index < -0.39 is 0 Å². The summed E-state index contributed by atoms with van der Waals surface area (Å²) in [6.45, 7) is 39.4. The van der Waals surface area contributed by atoms with E-state index in [1.54, 1.807) is 11.3 Å². The van der Waals surface area contributed by atoms with Gasteiger partial charge in [-0.05, 0) is 24.3 Å². The van der Waals surface area contributed by atoms with Crippen molar-refractivity contribution in [3.8, 4) is 0 Å². The Hall–Kier alpha value is -1.94. The molecule has 0 unspecified atom stereocenters. The summed E-state index contributed by atoms with van der Waals surface area (Å²) in [5.74, 6) is 2.13. The maximum atomic E-state index is 5.81. The van der Waals surface area contributed by atoms with E-state index in [0.29, 0.717) is 0 Å². The first-order valence-corrected chi connectivity index (χ1v) is 15.6. The Labute approximate surface area is 251 Å². The summed E-state index contributed by atoms with van der Waals surface area (Å²) in [6.07, 6.45) is 0. The van der Waals surface area contributed by atoms with Gasteiger partial charge in [0.15, 0.2) is 0 Å². The number of nitrogens with zero attached hydrogens (tertiary/aromatic N) is 2. The minimum Gasteiger partial charge on any atom is -0.465 e. The Bertz CT molecular complexity index is 1040. The minimum atomic E-state index is 0.115. The zero-order valence-electron chi connectivity index (χ0n) is 29.2. The van der Waals surface area contributed by atoms with Gasteiger partial charge in [-0.25, -0.2) is 4.98 Å². The summed E-state index contributed by atoms with van der Waals surface area (Å²) in [4.78, 5) is 9.39. The molecule has 0 aromatic carbocycles. The fourth-order valence-electron chi connectivity index (χ4n) is 3.38. The molecule has 0 bridgehead atoms. The number of thiazole rings is 1. The van der Waals surface area contributed by atoms with Crippen molar-refractivity contribution >= 4 is 11.3 Å². The van der Waals surface area contributed by atoms with Crippen LogP contribution in [0, 0.1) is 0 Å². The molecular formula is C36H60N2OS. The normalized spacial score (nSPS) is 13.2. The van der Waals surface area contributed by atoms with E-state index in [2.05, 4.69) is 165 Å². The van der Waals surface area contributed by atoms with Crippen molar-refractivity contribution < 1.29 is 4.42 Å². The van der Waals surface area contributed by atoms with Crippen LogP contribution in [0.4, 0.5) is 0 Å².